The molecule has 1 aromatic heterocycles. The summed E-state index contributed by atoms with van der Waals surface area (Å²) in [7, 11) is 0. The van der Waals surface area contributed by atoms with E-state index in [-0.39, 0.29) is 12.5 Å². The predicted octanol–water partition coefficient (Wildman–Crippen LogP) is 1.99. The van der Waals surface area contributed by atoms with Crippen molar-refractivity contribution in [2.24, 2.45) is 5.92 Å². The van der Waals surface area contributed by atoms with Gasteiger partial charge in [0.2, 0.25) is 5.91 Å². The van der Waals surface area contributed by atoms with Crippen LogP contribution in [0.2, 0.25) is 0 Å². The van der Waals surface area contributed by atoms with Crippen LogP contribution in [0.5, 0.6) is 0 Å². The maximum Gasteiger partial charge on any atom is 0.239 e. The first-order valence-electron chi connectivity index (χ1n) is 6.05. The number of carbonyl (C=O) groups excluding carboxylic acids is 1. The zero-order valence-electron chi connectivity index (χ0n) is 11.0. The minimum Gasteiger partial charge on any atom is -0.361 e. The van der Waals surface area contributed by atoms with Gasteiger partial charge in [0.15, 0.2) is 0 Å². The zero-order valence-corrected chi connectivity index (χ0v) is 12.5. The van der Waals surface area contributed by atoms with Crippen LogP contribution in [-0.2, 0) is 11.2 Å². The number of aryl methyl sites for hydroxylation is 1. The van der Waals surface area contributed by atoms with Crippen molar-refractivity contribution in [3.63, 3.8) is 0 Å². The summed E-state index contributed by atoms with van der Waals surface area (Å²) in [4.78, 5) is 20.0. The molecule has 6 heteroatoms. The summed E-state index contributed by atoms with van der Waals surface area (Å²) in [5.41, 5.74) is 0. The van der Waals surface area contributed by atoms with Gasteiger partial charge in [0.25, 0.3) is 0 Å². The molecule has 0 radical (unpaired) electrons. The highest BCUT2D eigenvalue weighted by Gasteiger charge is 2.05. The second-order valence-corrected chi connectivity index (χ2v) is 5.21. The Morgan fingerprint density at radius 1 is 1.44 bits per heavy atom. The molecule has 0 fully saturated rings. The average molecular weight is 315 g/mol. The van der Waals surface area contributed by atoms with Gasteiger partial charge >= 0.3 is 0 Å². The van der Waals surface area contributed by atoms with Crippen LogP contribution in [0.15, 0.2) is 10.7 Å². The van der Waals surface area contributed by atoms with Crippen LogP contribution in [0.1, 0.15) is 26.6 Å². The molecule has 0 atom stereocenters. The number of anilines is 1. The largest absolute Gasteiger partial charge is 0.361 e. The summed E-state index contributed by atoms with van der Waals surface area (Å²) >= 11 is 3.32. The van der Waals surface area contributed by atoms with Crippen LogP contribution in [-0.4, -0.2) is 29.0 Å². The first-order valence-corrected chi connectivity index (χ1v) is 6.84. The molecule has 0 unspecified atom stereocenters. The number of hydrogen-bond acceptors (Lipinski definition) is 4. The molecule has 0 aromatic carbocycles. The van der Waals surface area contributed by atoms with Gasteiger partial charge in [-0.1, -0.05) is 20.8 Å². The average Bonchev–Trinajstić information content (AvgIpc) is 2.33. The number of halogens is 1. The summed E-state index contributed by atoms with van der Waals surface area (Å²) in [6, 6.07) is 1.76. The van der Waals surface area contributed by atoms with Crippen molar-refractivity contribution in [1.82, 2.24) is 15.3 Å². The Balaban J connectivity index is 2.47. The van der Waals surface area contributed by atoms with Crippen LogP contribution in [0, 0.1) is 5.92 Å². The van der Waals surface area contributed by atoms with Crippen LogP contribution < -0.4 is 10.6 Å². The second-order valence-electron chi connectivity index (χ2n) is 4.40. The van der Waals surface area contributed by atoms with Gasteiger partial charge in [-0.3, -0.25) is 4.79 Å². The highest BCUT2D eigenvalue weighted by molar-refractivity contribution is 9.10. The quantitative estimate of drug-likeness (QED) is 0.788. The van der Waals surface area contributed by atoms with E-state index in [4.69, 9.17) is 0 Å². The monoisotopic (exact) mass is 314 g/mol. The summed E-state index contributed by atoms with van der Waals surface area (Å²) in [5, 5.41) is 5.83. The fraction of sp³-hybridized carbons (Fsp3) is 0.583. The molecule has 1 heterocycles. The van der Waals surface area contributed by atoms with Gasteiger partial charge in [0, 0.05) is 19.0 Å². The van der Waals surface area contributed by atoms with E-state index in [1.807, 2.05) is 6.92 Å². The lowest BCUT2D eigenvalue weighted by molar-refractivity contribution is -0.119. The van der Waals surface area contributed by atoms with E-state index in [0.717, 1.165) is 16.8 Å². The van der Waals surface area contributed by atoms with Gasteiger partial charge in [-0.15, -0.1) is 0 Å². The van der Waals surface area contributed by atoms with E-state index in [9.17, 15) is 4.79 Å². The lowest BCUT2D eigenvalue weighted by atomic mass is 10.2. The van der Waals surface area contributed by atoms with Crippen LogP contribution in [0.3, 0.4) is 0 Å². The summed E-state index contributed by atoms with van der Waals surface area (Å²) < 4.78 is 0.722. The molecule has 1 amide bonds. The maximum atomic E-state index is 11.5. The highest BCUT2D eigenvalue weighted by atomic mass is 79.9. The first-order chi connectivity index (χ1) is 8.51. The molecule has 0 bridgehead atoms. The van der Waals surface area contributed by atoms with Crippen molar-refractivity contribution >= 4 is 27.7 Å². The van der Waals surface area contributed by atoms with Crippen molar-refractivity contribution in [2.45, 2.75) is 27.2 Å². The molecule has 18 heavy (non-hydrogen) atoms. The number of hydrogen-bond donors (Lipinski definition) is 2. The number of aromatic nitrogens is 2. The van der Waals surface area contributed by atoms with Gasteiger partial charge in [0.05, 0.1) is 6.54 Å². The zero-order chi connectivity index (χ0) is 13.5. The SMILES string of the molecule is CCc1nc(Br)cc(NCC(=O)NCC(C)C)n1. The van der Waals surface area contributed by atoms with Crippen molar-refractivity contribution in [3.8, 4) is 0 Å². The molecule has 100 valence electrons. The smallest absolute Gasteiger partial charge is 0.239 e. The molecular weight excluding hydrogens is 296 g/mol. The predicted molar refractivity (Wildman–Crippen MR) is 75.4 cm³/mol. The van der Waals surface area contributed by atoms with Crippen LogP contribution in [0.25, 0.3) is 0 Å². The fourth-order valence-electron chi connectivity index (χ4n) is 1.26. The molecule has 0 saturated heterocycles. The Morgan fingerprint density at radius 3 is 2.78 bits per heavy atom. The standard InChI is InChI=1S/C12H19BrN4O/c1-4-10-16-9(13)5-11(17-10)14-7-12(18)15-6-8(2)3/h5,8H,4,6-7H2,1-3H3,(H,15,18)(H,14,16,17). The molecular formula is C12H19BrN4O. The molecule has 5 nitrogen and oxygen atoms in total. The number of nitrogens with zero attached hydrogens (tertiary/aromatic N) is 2. The molecule has 1 aromatic rings. The Hall–Kier alpha value is -1.17. The van der Waals surface area contributed by atoms with Gasteiger partial charge < -0.3 is 10.6 Å². The normalized spacial score (nSPS) is 10.5. The lowest BCUT2D eigenvalue weighted by Gasteiger charge is -2.09. The molecule has 0 aliphatic carbocycles. The Bertz CT molecular complexity index is 409. The van der Waals surface area contributed by atoms with Crippen LogP contribution in [0.4, 0.5) is 5.82 Å². The molecule has 0 aliphatic rings. The van der Waals surface area contributed by atoms with Gasteiger partial charge in [0.1, 0.15) is 16.2 Å². The third-order valence-corrected chi connectivity index (χ3v) is 2.60. The van der Waals surface area contributed by atoms with E-state index in [2.05, 4.69) is 50.4 Å². The van der Waals surface area contributed by atoms with Crippen molar-refractivity contribution in [2.75, 3.05) is 18.4 Å². The van der Waals surface area contributed by atoms with Crippen molar-refractivity contribution in [1.29, 1.82) is 0 Å². The summed E-state index contributed by atoms with van der Waals surface area (Å²) in [6.45, 7) is 7.01. The summed E-state index contributed by atoms with van der Waals surface area (Å²) in [6.07, 6.45) is 0.758. The van der Waals surface area contributed by atoms with Crippen LogP contribution >= 0.6 is 15.9 Å². The molecule has 0 spiro atoms. The maximum absolute atomic E-state index is 11.5. The Labute approximate surface area is 116 Å². The Kier molecular flexibility index (Phi) is 6.04. The van der Waals surface area contributed by atoms with Gasteiger partial charge in [-0.2, -0.15) is 0 Å². The third-order valence-electron chi connectivity index (χ3n) is 2.19. The van der Waals surface area contributed by atoms with Crippen molar-refractivity contribution in [3.05, 3.63) is 16.5 Å². The molecule has 0 saturated carbocycles. The Morgan fingerprint density at radius 2 is 2.17 bits per heavy atom. The van der Waals surface area contributed by atoms with Crippen molar-refractivity contribution < 1.29 is 4.79 Å². The second kappa shape index (κ2) is 7.31. The van der Waals surface area contributed by atoms with E-state index >= 15 is 0 Å². The van der Waals surface area contributed by atoms with E-state index in [1.165, 1.54) is 0 Å². The van der Waals surface area contributed by atoms with E-state index in [0.29, 0.717) is 18.3 Å². The minimum atomic E-state index is -0.0310. The minimum absolute atomic E-state index is 0.0310. The number of rotatable bonds is 6. The van der Waals surface area contributed by atoms with E-state index < -0.39 is 0 Å². The third kappa shape index (κ3) is 5.44. The topological polar surface area (TPSA) is 66.9 Å². The summed E-state index contributed by atoms with van der Waals surface area (Å²) in [5.74, 6) is 1.83. The van der Waals surface area contributed by atoms with Gasteiger partial charge in [-0.25, -0.2) is 9.97 Å². The lowest BCUT2D eigenvalue weighted by Crippen LogP contribution is -2.32. The van der Waals surface area contributed by atoms with E-state index in [1.54, 1.807) is 6.07 Å². The number of carbonyl (C=O) groups is 1. The number of amides is 1. The first kappa shape index (κ1) is 14.9. The fourth-order valence-corrected chi connectivity index (χ4v) is 1.69. The molecule has 1 rings (SSSR count). The van der Waals surface area contributed by atoms with Gasteiger partial charge in [-0.05, 0) is 21.8 Å². The number of nitrogens with one attached hydrogen (secondary N) is 2. The molecule has 2 N–H and O–H groups in total. The molecule has 0 aliphatic heterocycles. The highest BCUT2D eigenvalue weighted by Crippen LogP contribution is 2.12.